The number of carbonyl (C=O) groups excluding carboxylic acids is 2. The second-order valence-corrected chi connectivity index (χ2v) is 9.54. The van der Waals surface area contributed by atoms with Crippen molar-refractivity contribution in [2.24, 2.45) is 11.8 Å². The van der Waals surface area contributed by atoms with Gasteiger partial charge in [0.2, 0.25) is 5.91 Å². The van der Waals surface area contributed by atoms with Gasteiger partial charge < -0.3 is 15.0 Å². The Hall–Kier alpha value is -1.31. The topological polar surface area (TPSA) is 92.8 Å². The van der Waals surface area contributed by atoms with Crippen molar-refractivity contribution in [3.8, 4) is 0 Å². The summed E-state index contributed by atoms with van der Waals surface area (Å²) in [6.45, 7) is 8.15. The van der Waals surface area contributed by atoms with Crippen LogP contribution in [-0.2, 0) is 19.4 Å². The molecule has 0 aromatic heterocycles. The Kier molecular flexibility index (Phi) is 6.44. The van der Waals surface area contributed by atoms with Crippen LogP contribution >= 0.6 is 0 Å². The molecule has 0 spiro atoms. The van der Waals surface area contributed by atoms with Crippen molar-refractivity contribution >= 4 is 21.8 Å². The van der Waals surface area contributed by atoms with Gasteiger partial charge in [-0.3, -0.25) is 4.79 Å². The Bertz CT molecular complexity index is 539. The van der Waals surface area contributed by atoms with E-state index in [9.17, 15) is 18.0 Å². The Morgan fingerprint density at radius 1 is 1.35 bits per heavy atom. The average Bonchev–Trinajstić information content (AvgIpc) is 2.74. The smallest absolute Gasteiger partial charge is 0.410 e. The number of nitrogens with zero attached hydrogens (tertiary/aromatic N) is 1. The van der Waals surface area contributed by atoms with Gasteiger partial charge in [0.1, 0.15) is 5.60 Å². The number of ether oxygens (including phenoxy) is 1. The molecule has 0 aromatic rings. The molecular weight excluding hydrogens is 320 g/mol. The number of carbonyl (C=O) groups is 2. The van der Waals surface area contributed by atoms with Crippen molar-refractivity contribution in [1.29, 1.82) is 0 Å². The molecule has 1 aliphatic rings. The monoisotopic (exact) mass is 348 g/mol. The third-order valence-electron chi connectivity index (χ3n) is 3.52. The van der Waals surface area contributed by atoms with Crippen molar-refractivity contribution in [2.75, 3.05) is 31.6 Å². The summed E-state index contributed by atoms with van der Waals surface area (Å²) in [5, 5.41) is 2.77. The maximum absolute atomic E-state index is 12.0. The first kappa shape index (κ1) is 19.7. The molecule has 0 radical (unpaired) electrons. The number of nitrogens with one attached hydrogen (secondary N) is 1. The van der Waals surface area contributed by atoms with E-state index in [1.165, 1.54) is 4.90 Å². The molecule has 1 saturated heterocycles. The first-order valence-corrected chi connectivity index (χ1v) is 9.64. The van der Waals surface area contributed by atoms with E-state index in [4.69, 9.17) is 4.74 Å². The third kappa shape index (κ3) is 7.20. The van der Waals surface area contributed by atoms with E-state index in [1.54, 1.807) is 27.8 Å². The summed E-state index contributed by atoms with van der Waals surface area (Å²) in [5.41, 5.74) is -0.545. The molecule has 134 valence electrons. The number of sulfone groups is 1. The molecule has 1 fully saturated rings. The molecule has 7 nitrogen and oxygen atoms in total. The van der Waals surface area contributed by atoms with E-state index >= 15 is 0 Å². The first-order valence-electron chi connectivity index (χ1n) is 7.82. The van der Waals surface area contributed by atoms with E-state index in [-0.39, 0.29) is 23.3 Å². The van der Waals surface area contributed by atoms with Crippen LogP contribution in [0.3, 0.4) is 0 Å². The van der Waals surface area contributed by atoms with Crippen molar-refractivity contribution in [2.45, 2.75) is 39.7 Å². The fourth-order valence-electron chi connectivity index (χ4n) is 2.37. The lowest BCUT2D eigenvalue weighted by Gasteiger charge is -2.26. The van der Waals surface area contributed by atoms with E-state index < -0.39 is 27.4 Å². The van der Waals surface area contributed by atoms with Gasteiger partial charge in [0.25, 0.3) is 0 Å². The van der Waals surface area contributed by atoms with Gasteiger partial charge in [0, 0.05) is 20.1 Å². The predicted octanol–water partition coefficient (Wildman–Crippen LogP) is 1.04. The van der Waals surface area contributed by atoms with Crippen LogP contribution in [0.1, 0.15) is 34.1 Å². The molecule has 8 heteroatoms. The first-order chi connectivity index (χ1) is 10.4. The molecule has 1 heterocycles. The molecule has 0 aliphatic carbocycles. The van der Waals surface area contributed by atoms with Gasteiger partial charge in [-0.2, -0.15) is 0 Å². The van der Waals surface area contributed by atoms with Gasteiger partial charge in [0.15, 0.2) is 9.84 Å². The van der Waals surface area contributed by atoms with E-state index in [2.05, 4.69) is 5.32 Å². The molecule has 23 heavy (non-hydrogen) atoms. The van der Waals surface area contributed by atoms with Crippen molar-refractivity contribution < 1.29 is 22.7 Å². The summed E-state index contributed by atoms with van der Waals surface area (Å²) < 4.78 is 28.0. The van der Waals surface area contributed by atoms with E-state index in [0.29, 0.717) is 19.5 Å². The number of rotatable bonds is 5. The predicted molar refractivity (Wildman–Crippen MR) is 87.8 cm³/mol. The highest BCUT2D eigenvalue weighted by Gasteiger charge is 2.33. The minimum absolute atomic E-state index is 0.0366. The lowest BCUT2D eigenvalue weighted by Crippen LogP contribution is -2.40. The molecule has 1 rings (SSSR count). The van der Waals surface area contributed by atoms with Gasteiger partial charge in [-0.25, -0.2) is 13.2 Å². The normalized spacial score (nSPS) is 21.5. The second-order valence-electron chi connectivity index (χ2n) is 7.31. The zero-order valence-corrected chi connectivity index (χ0v) is 15.4. The number of amides is 2. The molecule has 0 aromatic carbocycles. The highest BCUT2D eigenvalue weighted by molar-refractivity contribution is 7.91. The maximum atomic E-state index is 12.0. The van der Waals surface area contributed by atoms with Crippen molar-refractivity contribution in [1.82, 2.24) is 10.2 Å². The minimum atomic E-state index is -3.06. The third-order valence-corrected chi connectivity index (χ3v) is 5.29. The van der Waals surface area contributed by atoms with Gasteiger partial charge >= 0.3 is 6.09 Å². The van der Waals surface area contributed by atoms with Crippen molar-refractivity contribution in [3.63, 3.8) is 0 Å². The molecule has 0 bridgehead atoms. The van der Waals surface area contributed by atoms with Gasteiger partial charge in [-0.05, 0) is 33.1 Å². The Balaban J connectivity index is 2.35. The zero-order chi connectivity index (χ0) is 17.8. The Labute approximate surface area is 138 Å². The maximum Gasteiger partial charge on any atom is 0.410 e. The fourth-order valence-corrected chi connectivity index (χ4v) is 4.11. The summed E-state index contributed by atoms with van der Waals surface area (Å²) in [4.78, 5) is 25.3. The molecule has 0 saturated carbocycles. The minimum Gasteiger partial charge on any atom is -0.444 e. The molecule has 2 atom stereocenters. The van der Waals surface area contributed by atoms with E-state index in [0.717, 1.165) is 0 Å². The summed E-state index contributed by atoms with van der Waals surface area (Å²) in [6.07, 6.45) is -0.0158. The Morgan fingerprint density at radius 2 is 1.96 bits per heavy atom. The molecule has 1 N–H and O–H groups in total. The highest BCUT2D eigenvalue weighted by atomic mass is 32.2. The highest BCUT2D eigenvalue weighted by Crippen LogP contribution is 2.18. The van der Waals surface area contributed by atoms with Crippen molar-refractivity contribution in [3.05, 3.63) is 0 Å². The lowest BCUT2D eigenvalue weighted by molar-refractivity contribution is -0.124. The van der Waals surface area contributed by atoms with Gasteiger partial charge in [-0.1, -0.05) is 6.92 Å². The van der Waals surface area contributed by atoms with Crippen LogP contribution in [0.4, 0.5) is 4.79 Å². The van der Waals surface area contributed by atoms with E-state index in [1.807, 2.05) is 6.92 Å². The Morgan fingerprint density at radius 3 is 2.43 bits per heavy atom. The molecular formula is C15H28N2O5S. The summed E-state index contributed by atoms with van der Waals surface area (Å²) in [5.74, 6) is -0.615. The zero-order valence-electron chi connectivity index (χ0n) is 14.6. The fraction of sp³-hybridized carbons (Fsp3) is 0.867. The largest absolute Gasteiger partial charge is 0.444 e. The summed E-state index contributed by atoms with van der Waals surface area (Å²) >= 11 is 0. The lowest BCUT2D eigenvalue weighted by atomic mass is 10.1. The average molecular weight is 348 g/mol. The molecule has 2 amide bonds. The number of hydrogen-bond donors (Lipinski definition) is 1. The van der Waals surface area contributed by atoms with Crippen LogP contribution < -0.4 is 5.32 Å². The summed E-state index contributed by atoms with van der Waals surface area (Å²) in [6, 6.07) is 0. The van der Waals surface area contributed by atoms with Crippen LogP contribution in [-0.4, -0.2) is 62.6 Å². The second kappa shape index (κ2) is 7.51. The van der Waals surface area contributed by atoms with Crippen LogP contribution in [0.5, 0.6) is 0 Å². The SMILES string of the molecule is CC(CNC(=O)C1CCS(=O)(=O)C1)CN(C)C(=O)OC(C)(C)C. The van der Waals surface area contributed by atoms with Crippen LogP contribution in [0.2, 0.25) is 0 Å². The standard InChI is InChI=1S/C15H28N2O5S/c1-11(9-17(5)14(19)22-15(2,3)4)8-16-13(18)12-6-7-23(20,21)10-12/h11-12H,6-10H2,1-5H3,(H,16,18). The number of hydrogen-bond acceptors (Lipinski definition) is 5. The summed E-state index contributed by atoms with van der Waals surface area (Å²) in [7, 11) is -1.41. The molecule has 1 aliphatic heterocycles. The van der Waals surface area contributed by atoms with Crippen LogP contribution in [0.15, 0.2) is 0 Å². The van der Waals surface area contributed by atoms with Gasteiger partial charge in [0.05, 0.1) is 17.4 Å². The van der Waals surface area contributed by atoms with Crippen LogP contribution in [0, 0.1) is 11.8 Å². The van der Waals surface area contributed by atoms with Crippen LogP contribution in [0.25, 0.3) is 0 Å². The van der Waals surface area contributed by atoms with Gasteiger partial charge in [-0.15, -0.1) is 0 Å². The quantitative estimate of drug-likeness (QED) is 0.801. The molecule has 2 unspecified atom stereocenters.